The predicted molar refractivity (Wildman–Crippen MR) is 82.0 cm³/mol. The van der Waals surface area contributed by atoms with Crippen LogP contribution in [0.2, 0.25) is 0 Å². The number of benzene rings is 1. The van der Waals surface area contributed by atoms with Gasteiger partial charge in [0.2, 0.25) is 5.91 Å². The van der Waals surface area contributed by atoms with E-state index in [1.807, 2.05) is 25.1 Å². The Morgan fingerprint density at radius 2 is 2.00 bits per heavy atom. The number of carbonyl (C=O) groups excluding carboxylic acids is 1. The van der Waals surface area contributed by atoms with E-state index in [9.17, 15) is 9.90 Å². The number of hydrogen-bond donors (Lipinski definition) is 3. The van der Waals surface area contributed by atoms with Gasteiger partial charge < -0.3 is 15.7 Å². The van der Waals surface area contributed by atoms with Crippen molar-refractivity contribution >= 4 is 17.3 Å². The molecule has 0 spiro atoms. The maximum absolute atomic E-state index is 11.4. The number of anilines is 2. The maximum atomic E-state index is 11.4. The van der Waals surface area contributed by atoms with E-state index in [0.717, 1.165) is 37.1 Å². The van der Waals surface area contributed by atoms with E-state index < -0.39 is 0 Å². The molecule has 0 aromatic heterocycles. The lowest BCUT2D eigenvalue weighted by Gasteiger charge is -2.27. The van der Waals surface area contributed by atoms with Crippen LogP contribution in [0.15, 0.2) is 18.2 Å². The molecule has 1 aromatic rings. The largest absolute Gasteiger partial charge is 0.393 e. The molecule has 0 bridgehead atoms. The lowest BCUT2D eigenvalue weighted by atomic mass is 9.93. The summed E-state index contributed by atoms with van der Waals surface area (Å²) in [5.74, 6) is 0.0283. The molecule has 0 radical (unpaired) electrons. The third-order valence-electron chi connectivity index (χ3n) is 3.90. The number of nitrogens with one attached hydrogen (secondary N) is 2. The summed E-state index contributed by atoms with van der Waals surface area (Å²) in [6, 6.07) is 6.35. The highest BCUT2D eigenvalue weighted by Gasteiger charge is 2.19. The molecule has 0 atom stereocenters. The van der Waals surface area contributed by atoms with E-state index in [0.29, 0.717) is 12.5 Å². The highest BCUT2D eigenvalue weighted by atomic mass is 16.3. The molecule has 20 heavy (non-hydrogen) atoms. The molecule has 1 fully saturated rings. The Labute approximate surface area is 120 Å². The van der Waals surface area contributed by atoms with Crippen LogP contribution in [0, 0.1) is 6.92 Å². The SMILES string of the molecule is CCC(=O)Nc1ccc(C)c(NC2CCC(O)CC2)c1. The van der Waals surface area contributed by atoms with E-state index in [1.54, 1.807) is 0 Å². The van der Waals surface area contributed by atoms with Crippen molar-refractivity contribution in [3.63, 3.8) is 0 Å². The quantitative estimate of drug-likeness (QED) is 0.792. The summed E-state index contributed by atoms with van der Waals surface area (Å²) in [6.07, 6.45) is 4.06. The van der Waals surface area contributed by atoms with Crippen LogP contribution >= 0.6 is 0 Å². The maximum Gasteiger partial charge on any atom is 0.224 e. The fraction of sp³-hybridized carbons (Fsp3) is 0.562. The number of amides is 1. The van der Waals surface area contributed by atoms with Crippen molar-refractivity contribution in [2.24, 2.45) is 0 Å². The minimum absolute atomic E-state index is 0.0283. The fourth-order valence-electron chi connectivity index (χ4n) is 2.54. The monoisotopic (exact) mass is 276 g/mol. The van der Waals surface area contributed by atoms with Gasteiger partial charge in [-0.05, 0) is 50.3 Å². The van der Waals surface area contributed by atoms with Gasteiger partial charge in [0.25, 0.3) is 0 Å². The molecular formula is C16H24N2O2. The zero-order chi connectivity index (χ0) is 14.5. The van der Waals surface area contributed by atoms with Crippen LogP contribution < -0.4 is 10.6 Å². The number of aliphatic hydroxyl groups excluding tert-OH is 1. The molecule has 0 unspecified atom stereocenters. The molecule has 1 amide bonds. The molecule has 1 aliphatic rings. The second-order valence-corrected chi connectivity index (χ2v) is 5.58. The lowest BCUT2D eigenvalue weighted by molar-refractivity contribution is -0.115. The van der Waals surface area contributed by atoms with Gasteiger partial charge in [0.15, 0.2) is 0 Å². The van der Waals surface area contributed by atoms with E-state index in [4.69, 9.17) is 0 Å². The third kappa shape index (κ3) is 3.97. The molecule has 1 saturated carbocycles. The zero-order valence-corrected chi connectivity index (χ0v) is 12.3. The second-order valence-electron chi connectivity index (χ2n) is 5.58. The van der Waals surface area contributed by atoms with Gasteiger partial charge >= 0.3 is 0 Å². The molecule has 1 aliphatic carbocycles. The van der Waals surface area contributed by atoms with Gasteiger partial charge in [-0.3, -0.25) is 4.79 Å². The molecule has 3 N–H and O–H groups in total. The van der Waals surface area contributed by atoms with Crippen molar-refractivity contribution < 1.29 is 9.90 Å². The Kier molecular flexibility index (Phi) is 5.01. The van der Waals surface area contributed by atoms with Gasteiger partial charge in [0, 0.05) is 23.8 Å². The molecule has 110 valence electrons. The summed E-state index contributed by atoms with van der Waals surface area (Å²) in [7, 11) is 0. The highest BCUT2D eigenvalue weighted by molar-refractivity contribution is 5.91. The smallest absolute Gasteiger partial charge is 0.224 e. The van der Waals surface area contributed by atoms with E-state index in [2.05, 4.69) is 17.6 Å². The van der Waals surface area contributed by atoms with Gasteiger partial charge in [0.05, 0.1) is 6.10 Å². The summed E-state index contributed by atoms with van der Waals surface area (Å²) in [5, 5.41) is 16.0. The summed E-state index contributed by atoms with van der Waals surface area (Å²) in [6.45, 7) is 3.90. The van der Waals surface area contributed by atoms with E-state index in [1.165, 1.54) is 5.56 Å². The number of aryl methyl sites for hydroxylation is 1. The lowest BCUT2D eigenvalue weighted by Crippen LogP contribution is -2.28. The first kappa shape index (κ1) is 14.9. The fourth-order valence-corrected chi connectivity index (χ4v) is 2.54. The van der Waals surface area contributed by atoms with Gasteiger partial charge in [-0.2, -0.15) is 0 Å². The molecule has 0 heterocycles. The third-order valence-corrected chi connectivity index (χ3v) is 3.90. The molecular weight excluding hydrogens is 252 g/mol. The van der Waals surface area contributed by atoms with E-state index >= 15 is 0 Å². The van der Waals surface area contributed by atoms with Crippen molar-refractivity contribution in [1.29, 1.82) is 0 Å². The Morgan fingerprint density at radius 3 is 2.65 bits per heavy atom. The normalized spacial score (nSPS) is 22.4. The summed E-state index contributed by atoms with van der Waals surface area (Å²) in [4.78, 5) is 11.4. The number of hydrogen-bond acceptors (Lipinski definition) is 3. The van der Waals surface area contributed by atoms with Gasteiger partial charge in [-0.1, -0.05) is 13.0 Å². The number of carbonyl (C=O) groups is 1. The molecule has 4 nitrogen and oxygen atoms in total. The Balaban J connectivity index is 2.02. The van der Waals surface area contributed by atoms with Crippen LogP contribution in [0.1, 0.15) is 44.6 Å². The Hall–Kier alpha value is -1.55. The second kappa shape index (κ2) is 6.75. The van der Waals surface area contributed by atoms with Crippen molar-refractivity contribution in [2.45, 2.75) is 58.1 Å². The summed E-state index contributed by atoms with van der Waals surface area (Å²) >= 11 is 0. The van der Waals surface area contributed by atoms with Crippen LogP contribution in [0.25, 0.3) is 0 Å². The molecule has 4 heteroatoms. The summed E-state index contributed by atoms with van der Waals surface area (Å²) in [5.41, 5.74) is 3.08. The number of aliphatic hydroxyl groups is 1. The topological polar surface area (TPSA) is 61.4 Å². The van der Waals surface area contributed by atoms with Crippen molar-refractivity contribution in [2.75, 3.05) is 10.6 Å². The van der Waals surface area contributed by atoms with Gasteiger partial charge in [0.1, 0.15) is 0 Å². The van der Waals surface area contributed by atoms with Crippen molar-refractivity contribution in [3.05, 3.63) is 23.8 Å². The standard InChI is InChI=1S/C16H24N2O2/c1-3-16(20)18-13-5-4-11(2)15(10-13)17-12-6-8-14(19)9-7-12/h4-5,10,12,14,17,19H,3,6-9H2,1-2H3,(H,18,20). The average molecular weight is 276 g/mol. The number of rotatable bonds is 4. The van der Waals surface area contributed by atoms with Crippen LogP contribution in [0.4, 0.5) is 11.4 Å². The first-order valence-electron chi connectivity index (χ1n) is 7.43. The first-order chi connectivity index (χ1) is 9.58. The molecule has 1 aromatic carbocycles. The average Bonchev–Trinajstić information content (AvgIpc) is 2.45. The van der Waals surface area contributed by atoms with Crippen LogP contribution in [-0.4, -0.2) is 23.2 Å². The Bertz CT molecular complexity index is 466. The van der Waals surface area contributed by atoms with Crippen LogP contribution in [0.3, 0.4) is 0 Å². The molecule has 2 rings (SSSR count). The van der Waals surface area contributed by atoms with Crippen LogP contribution in [0.5, 0.6) is 0 Å². The van der Waals surface area contributed by atoms with Gasteiger partial charge in [-0.25, -0.2) is 0 Å². The Morgan fingerprint density at radius 1 is 1.30 bits per heavy atom. The van der Waals surface area contributed by atoms with E-state index in [-0.39, 0.29) is 12.0 Å². The van der Waals surface area contributed by atoms with Gasteiger partial charge in [-0.15, -0.1) is 0 Å². The first-order valence-corrected chi connectivity index (χ1v) is 7.43. The minimum Gasteiger partial charge on any atom is -0.393 e. The summed E-state index contributed by atoms with van der Waals surface area (Å²) < 4.78 is 0. The predicted octanol–water partition coefficient (Wildman–Crippen LogP) is 3.06. The van der Waals surface area contributed by atoms with Crippen molar-refractivity contribution in [3.8, 4) is 0 Å². The van der Waals surface area contributed by atoms with Crippen molar-refractivity contribution in [1.82, 2.24) is 0 Å². The highest BCUT2D eigenvalue weighted by Crippen LogP contribution is 2.26. The molecule has 0 saturated heterocycles. The zero-order valence-electron chi connectivity index (χ0n) is 12.3. The molecule has 0 aliphatic heterocycles. The minimum atomic E-state index is -0.135. The van der Waals surface area contributed by atoms with Crippen LogP contribution in [-0.2, 0) is 4.79 Å².